The molecule has 0 amide bonds. The number of pyridine rings is 1. The third-order valence-electron chi connectivity index (χ3n) is 4.15. The minimum absolute atomic E-state index is 0.591. The van der Waals surface area contributed by atoms with Gasteiger partial charge < -0.3 is 14.8 Å². The number of aromatic nitrogens is 3. The molecule has 3 heterocycles. The predicted octanol–water partition coefficient (Wildman–Crippen LogP) is 3.77. The first kappa shape index (κ1) is 16.7. The average molecular weight is 366 g/mol. The molecule has 132 valence electrons. The summed E-state index contributed by atoms with van der Waals surface area (Å²) in [6.45, 7) is 0.591. The van der Waals surface area contributed by atoms with Gasteiger partial charge in [-0.3, -0.25) is 0 Å². The first-order valence-electron chi connectivity index (χ1n) is 8.17. The summed E-state index contributed by atoms with van der Waals surface area (Å²) >= 11 is 1.72. The quantitative estimate of drug-likeness (QED) is 0.737. The van der Waals surface area contributed by atoms with Crippen molar-refractivity contribution in [3.63, 3.8) is 0 Å². The van der Waals surface area contributed by atoms with Crippen molar-refractivity contribution in [1.82, 2.24) is 15.0 Å². The largest absolute Gasteiger partial charge is 0.493 e. The van der Waals surface area contributed by atoms with E-state index in [4.69, 9.17) is 14.5 Å². The molecule has 0 aliphatic carbocycles. The van der Waals surface area contributed by atoms with E-state index < -0.39 is 0 Å². The summed E-state index contributed by atoms with van der Waals surface area (Å²) in [5.74, 6) is 2.85. The minimum atomic E-state index is 0.591. The number of methoxy groups -OCH3 is 2. The number of rotatable bonds is 5. The second kappa shape index (κ2) is 7.21. The highest BCUT2D eigenvalue weighted by molar-refractivity contribution is 7.98. The molecular formula is C19H18N4O2S. The SMILES string of the molecule is COc1ccc(CNc2ncc3c(n2)-c2cccnc2SC3)cc1OC. The maximum absolute atomic E-state index is 5.35. The van der Waals surface area contributed by atoms with Gasteiger partial charge >= 0.3 is 0 Å². The van der Waals surface area contributed by atoms with Crippen molar-refractivity contribution in [3.05, 3.63) is 53.9 Å². The summed E-state index contributed by atoms with van der Waals surface area (Å²) in [4.78, 5) is 13.6. The minimum Gasteiger partial charge on any atom is -0.493 e. The van der Waals surface area contributed by atoms with Crippen LogP contribution in [0.5, 0.6) is 11.5 Å². The molecule has 1 N–H and O–H groups in total. The lowest BCUT2D eigenvalue weighted by molar-refractivity contribution is 0.354. The van der Waals surface area contributed by atoms with Crippen LogP contribution in [-0.2, 0) is 12.3 Å². The van der Waals surface area contributed by atoms with E-state index in [9.17, 15) is 0 Å². The molecule has 1 aliphatic rings. The molecular weight excluding hydrogens is 348 g/mol. The highest BCUT2D eigenvalue weighted by Gasteiger charge is 2.19. The summed E-state index contributed by atoms with van der Waals surface area (Å²) in [7, 11) is 3.26. The Bertz CT molecular complexity index is 949. The zero-order valence-corrected chi connectivity index (χ0v) is 15.3. The molecule has 0 atom stereocenters. The van der Waals surface area contributed by atoms with Crippen molar-refractivity contribution in [3.8, 4) is 22.8 Å². The second-order valence-electron chi connectivity index (χ2n) is 5.76. The number of fused-ring (bicyclic) bond motifs is 3. The number of benzene rings is 1. The van der Waals surface area contributed by atoms with E-state index in [1.807, 2.05) is 36.7 Å². The fourth-order valence-electron chi connectivity index (χ4n) is 2.83. The Kier molecular flexibility index (Phi) is 4.62. The van der Waals surface area contributed by atoms with E-state index in [2.05, 4.69) is 21.4 Å². The van der Waals surface area contributed by atoms with E-state index in [-0.39, 0.29) is 0 Å². The van der Waals surface area contributed by atoms with Crippen molar-refractivity contribution in [2.45, 2.75) is 17.3 Å². The molecule has 0 fully saturated rings. The van der Waals surface area contributed by atoms with Crippen LogP contribution in [0.2, 0.25) is 0 Å². The van der Waals surface area contributed by atoms with Crippen molar-refractivity contribution in [2.75, 3.05) is 19.5 Å². The van der Waals surface area contributed by atoms with Crippen LogP contribution >= 0.6 is 11.8 Å². The van der Waals surface area contributed by atoms with Gasteiger partial charge in [-0.1, -0.05) is 6.07 Å². The van der Waals surface area contributed by atoms with E-state index in [0.717, 1.165) is 33.2 Å². The maximum Gasteiger partial charge on any atom is 0.223 e. The Balaban J connectivity index is 1.56. The Morgan fingerprint density at radius 1 is 1.12 bits per heavy atom. The average Bonchev–Trinajstić information content (AvgIpc) is 2.71. The summed E-state index contributed by atoms with van der Waals surface area (Å²) in [6, 6.07) is 9.82. The van der Waals surface area contributed by atoms with Gasteiger partial charge in [-0.05, 0) is 29.8 Å². The monoisotopic (exact) mass is 366 g/mol. The van der Waals surface area contributed by atoms with E-state index in [1.165, 1.54) is 0 Å². The van der Waals surface area contributed by atoms with Gasteiger partial charge in [-0.2, -0.15) is 0 Å². The van der Waals surface area contributed by atoms with Crippen LogP contribution < -0.4 is 14.8 Å². The zero-order valence-electron chi connectivity index (χ0n) is 14.5. The molecule has 2 aromatic heterocycles. The first-order valence-corrected chi connectivity index (χ1v) is 9.16. The van der Waals surface area contributed by atoms with Crippen molar-refractivity contribution < 1.29 is 9.47 Å². The fraction of sp³-hybridized carbons (Fsp3) is 0.211. The van der Waals surface area contributed by atoms with Crippen LogP contribution in [0.25, 0.3) is 11.3 Å². The number of hydrogen-bond acceptors (Lipinski definition) is 7. The topological polar surface area (TPSA) is 69.2 Å². The lowest BCUT2D eigenvalue weighted by atomic mass is 10.1. The van der Waals surface area contributed by atoms with Crippen LogP contribution in [0.4, 0.5) is 5.95 Å². The normalized spacial score (nSPS) is 12.1. The van der Waals surface area contributed by atoms with Crippen LogP contribution in [-0.4, -0.2) is 29.2 Å². The zero-order chi connectivity index (χ0) is 17.9. The van der Waals surface area contributed by atoms with Gasteiger partial charge in [0.15, 0.2) is 11.5 Å². The van der Waals surface area contributed by atoms with Crippen LogP contribution in [0.15, 0.2) is 47.8 Å². The molecule has 4 rings (SSSR count). The molecule has 1 aliphatic heterocycles. The van der Waals surface area contributed by atoms with Crippen molar-refractivity contribution >= 4 is 17.7 Å². The van der Waals surface area contributed by atoms with Gasteiger partial charge in [0.2, 0.25) is 5.95 Å². The molecule has 3 aromatic rings. The van der Waals surface area contributed by atoms with Gasteiger partial charge in [-0.25, -0.2) is 15.0 Å². The summed E-state index contributed by atoms with van der Waals surface area (Å²) < 4.78 is 10.6. The molecule has 26 heavy (non-hydrogen) atoms. The lowest BCUT2D eigenvalue weighted by Crippen LogP contribution is -2.08. The van der Waals surface area contributed by atoms with Gasteiger partial charge in [0.05, 0.1) is 19.9 Å². The third-order valence-corrected chi connectivity index (χ3v) is 5.21. The maximum atomic E-state index is 5.35. The molecule has 0 saturated heterocycles. The first-order chi connectivity index (χ1) is 12.8. The number of thioether (sulfide) groups is 1. The van der Waals surface area contributed by atoms with Gasteiger partial charge in [0.1, 0.15) is 5.03 Å². The third kappa shape index (κ3) is 3.17. The van der Waals surface area contributed by atoms with E-state index in [0.29, 0.717) is 24.0 Å². The lowest BCUT2D eigenvalue weighted by Gasteiger charge is -2.17. The fourth-order valence-corrected chi connectivity index (χ4v) is 3.79. The number of nitrogens with zero attached hydrogens (tertiary/aromatic N) is 3. The Morgan fingerprint density at radius 3 is 2.85 bits per heavy atom. The molecule has 7 heteroatoms. The van der Waals surface area contributed by atoms with Crippen molar-refractivity contribution in [1.29, 1.82) is 0 Å². The Hall–Kier alpha value is -2.80. The highest BCUT2D eigenvalue weighted by atomic mass is 32.2. The number of ether oxygens (including phenoxy) is 2. The van der Waals surface area contributed by atoms with Crippen LogP contribution in [0.3, 0.4) is 0 Å². The number of hydrogen-bond donors (Lipinski definition) is 1. The molecule has 0 spiro atoms. The standard InChI is InChI=1S/C19H18N4O2S/c1-24-15-6-5-12(8-16(15)25-2)9-21-19-22-10-13-11-26-18-14(17(13)23-19)4-3-7-20-18/h3-8,10H,9,11H2,1-2H3,(H,21,22,23). The molecule has 0 bridgehead atoms. The van der Waals surface area contributed by atoms with Gasteiger partial charge in [-0.15, -0.1) is 11.8 Å². The molecule has 6 nitrogen and oxygen atoms in total. The summed E-state index contributed by atoms with van der Waals surface area (Å²) in [6.07, 6.45) is 3.70. The van der Waals surface area contributed by atoms with Crippen molar-refractivity contribution in [2.24, 2.45) is 0 Å². The number of nitrogens with one attached hydrogen (secondary N) is 1. The predicted molar refractivity (Wildman–Crippen MR) is 102 cm³/mol. The van der Waals surface area contributed by atoms with E-state index >= 15 is 0 Å². The van der Waals surface area contributed by atoms with Crippen LogP contribution in [0, 0.1) is 0 Å². The van der Waals surface area contributed by atoms with Gasteiger partial charge in [0, 0.05) is 35.8 Å². The molecule has 1 aromatic carbocycles. The summed E-state index contributed by atoms with van der Waals surface area (Å²) in [5, 5.41) is 4.30. The Morgan fingerprint density at radius 2 is 2.00 bits per heavy atom. The molecule has 0 unspecified atom stereocenters. The van der Waals surface area contributed by atoms with Gasteiger partial charge in [0.25, 0.3) is 0 Å². The van der Waals surface area contributed by atoms with E-state index in [1.54, 1.807) is 26.0 Å². The smallest absolute Gasteiger partial charge is 0.223 e. The summed E-state index contributed by atoms with van der Waals surface area (Å²) in [5.41, 5.74) is 4.21. The molecule has 0 saturated carbocycles. The highest BCUT2D eigenvalue weighted by Crippen LogP contribution is 2.38. The second-order valence-corrected chi connectivity index (χ2v) is 6.72. The molecule has 0 radical (unpaired) electrons. The van der Waals surface area contributed by atoms with Crippen LogP contribution in [0.1, 0.15) is 11.1 Å². The Labute approximate surface area is 156 Å². The number of anilines is 1.